The summed E-state index contributed by atoms with van der Waals surface area (Å²) in [6.07, 6.45) is 25.5. The van der Waals surface area contributed by atoms with Crippen LogP contribution in [0.3, 0.4) is 0 Å². The largest absolute Gasteiger partial charge is 0.480 e. The van der Waals surface area contributed by atoms with Crippen molar-refractivity contribution in [2.75, 3.05) is 6.61 Å². The van der Waals surface area contributed by atoms with Crippen molar-refractivity contribution >= 4 is 17.4 Å². The molecule has 5 N–H and O–H groups in total. The van der Waals surface area contributed by atoms with Gasteiger partial charge in [0.15, 0.2) is 5.76 Å². The number of nitrogens with two attached hydrogens (primary N) is 2. The number of hydrogen-bond donors (Lipinski definition) is 3. The zero-order chi connectivity index (χ0) is 39.8. The molecule has 4 heteroatoms. The standard InChI is InChI=1S/C44H37NO.C3H6N2.2C2H6/c1-4-14-34-30(3)23-26-41-38(29-46-43(34)5-2)36-20-10-12-22-40(36)44(41)39-21-11-9-19-35(39)37-25-24-31(27-42(37)44)15-13-18-33(28-45)32-16-7-6-8-17-32;4-2-1-3-5;2*1-2/h2,4,6-14,16-28,30H,15,29,45H2,1,3H3;1-4H,5H2;2*1-2H3/b14-4-,18-13-,26-23-,33-28+,43-34-;3-1-,4-2?;;. The molecule has 4 nitrogen and oxygen atoms in total. The molecule has 1 aliphatic heterocycles. The minimum atomic E-state index is -0.467. The van der Waals surface area contributed by atoms with Gasteiger partial charge in [-0.15, -0.1) is 6.42 Å². The Labute approximate surface area is 329 Å². The molecule has 2 aliphatic carbocycles. The van der Waals surface area contributed by atoms with Crippen LogP contribution in [0, 0.1) is 23.7 Å². The molecule has 0 saturated carbocycles. The lowest BCUT2D eigenvalue weighted by molar-refractivity contribution is 0.266. The molecule has 3 aliphatic rings. The lowest BCUT2D eigenvalue weighted by atomic mass is 9.69. The quantitative estimate of drug-likeness (QED) is 0.105. The van der Waals surface area contributed by atoms with E-state index in [4.69, 9.17) is 28.0 Å². The van der Waals surface area contributed by atoms with Crippen LogP contribution in [0.4, 0.5) is 0 Å². The second-order valence-corrected chi connectivity index (χ2v) is 12.6. The van der Waals surface area contributed by atoms with E-state index in [1.165, 1.54) is 62.4 Å². The Balaban J connectivity index is 0.000000684. The maximum atomic E-state index is 6.51. The van der Waals surface area contributed by atoms with E-state index in [1.54, 1.807) is 6.20 Å². The van der Waals surface area contributed by atoms with Gasteiger partial charge in [-0.2, -0.15) is 0 Å². The highest BCUT2D eigenvalue weighted by atomic mass is 16.5. The average Bonchev–Trinajstić information content (AvgIpc) is 3.71. The molecule has 1 heterocycles. The average molecular weight is 726 g/mol. The van der Waals surface area contributed by atoms with Crippen LogP contribution in [0.5, 0.6) is 0 Å². The Bertz CT molecular complexity index is 2200. The lowest BCUT2D eigenvalue weighted by Gasteiger charge is -2.32. The number of ether oxygens (including phenoxy) is 1. The van der Waals surface area contributed by atoms with Crippen LogP contribution in [0.25, 0.3) is 22.3 Å². The molecule has 2 atom stereocenters. The molecular weight excluding hydrogens is 671 g/mol. The molecule has 0 radical (unpaired) electrons. The van der Waals surface area contributed by atoms with Crippen LogP contribution < -0.4 is 11.5 Å². The summed E-state index contributed by atoms with van der Waals surface area (Å²) in [6.45, 7) is 12.6. The molecule has 1 spiro atoms. The third kappa shape index (κ3) is 8.27. The van der Waals surface area contributed by atoms with Gasteiger partial charge in [0, 0.05) is 29.5 Å². The van der Waals surface area contributed by atoms with Gasteiger partial charge < -0.3 is 21.6 Å². The smallest absolute Gasteiger partial charge is 0.173 e. The number of hydrogen-bond acceptors (Lipinski definition) is 4. The first-order valence-corrected chi connectivity index (χ1v) is 19.3. The minimum Gasteiger partial charge on any atom is -0.480 e. The summed E-state index contributed by atoms with van der Waals surface area (Å²) in [5.41, 5.74) is 24.9. The monoisotopic (exact) mass is 725 g/mol. The van der Waals surface area contributed by atoms with Crippen LogP contribution in [0.15, 0.2) is 169 Å². The fourth-order valence-corrected chi connectivity index (χ4v) is 7.57. The van der Waals surface area contributed by atoms with E-state index < -0.39 is 5.41 Å². The van der Waals surface area contributed by atoms with E-state index in [0.717, 1.165) is 29.3 Å². The van der Waals surface area contributed by atoms with Crippen LogP contribution in [0.2, 0.25) is 0 Å². The van der Waals surface area contributed by atoms with Gasteiger partial charge in [0.1, 0.15) is 6.61 Å². The molecule has 7 rings (SSSR count). The van der Waals surface area contributed by atoms with Crippen molar-refractivity contribution in [1.82, 2.24) is 0 Å². The zero-order valence-electron chi connectivity index (χ0n) is 33.1. The van der Waals surface area contributed by atoms with Crippen LogP contribution in [0.1, 0.15) is 74.9 Å². The number of allylic oxidation sites excluding steroid dienone is 11. The van der Waals surface area contributed by atoms with Crippen molar-refractivity contribution in [3.63, 3.8) is 0 Å². The summed E-state index contributed by atoms with van der Waals surface area (Å²) in [7, 11) is 0. The summed E-state index contributed by atoms with van der Waals surface area (Å²) >= 11 is 0. The van der Waals surface area contributed by atoms with E-state index in [2.05, 4.69) is 122 Å². The van der Waals surface area contributed by atoms with Crippen molar-refractivity contribution in [2.45, 2.75) is 53.4 Å². The Morgan fingerprint density at radius 3 is 2.13 bits per heavy atom. The second-order valence-electron chi connectivity index (χ2n) is 12.6. The molecule has 0 saturated heterocycles. The van der Waals surface area contributed by atoms with Crippen LogP contribution >= 0.6 is 0 Å². The highest BCUT2D eigenvalue weighted by Crippen LogP contribution is 2.62. The van der Waals surface area contributed by atoms with Gasteiger partial charge in [0.2, 0.25) is 0 Å². The first-order valence-electron chi connectivity index (χ1n) is 19.3. The molecule has 4 aromatic rings. The Hall–Kier alpha value is -6.31. The molecule has 2 unspecified atom stereocenters. The van der Waals surface area contributed by atoms with Gasteiger partial charge in [-0.05, 0) is 87.2 Å². The van der Waals surface area contributed by atoms with Crippen molar-refractivity contribution in [1.29, 1.82) is 5.41 Å². The summed E-state index contributed by atoms with van der Waals surface area (Å²) in [6, 6.07) is 35.0. The van der Waals surface area contributed by atoms with E-state index >= 15 is 0 Å². The molecule has 0 fully saturated rings. The fourth-order valence-electron chi connectivity index (χ4n) is 7.57. The normalized spacial score (nSPS) is 19.8. The Kier molecular flexibility index (Phi) is 15.2. The fraction of sp³-hybridized carbons (Fsp3) is 0.196. The van der Waals surface area contributed by atoms with Crippen molar-refractivity contribution in [3.05, 3.63) is 202 Å². The highest BCUT2D eigenvalue weighted by molar-refractivity contribution is 5.96. The predicted molar refractivity (Wildman–Crippen MR) is 236 cm³/mol. The first kappa shape index (κ1) is 41.4. The molecule has 0 bridgehead atoms. The topological polar surface area (TPSA) is 85.1 Å². The van der Waals surface area contributed by atoms with Gasteiger partial charge in [-0.3, -0.25) is 0 Å². The number of terminal acetylenes is 1. The number of benzene rings is 4. The van der Waals surface area contributed by atoms with Crippen molar-refractivity contribution in [2.24, 2.45) is 17.4 Å². The maximum Gasteiger partial charge on any atom is 0.173 e. The highest BCUT2D eigenvalue weighted by Gasteiger charge is 2.52. The summed E-state index contributed by atoms with van der Waals surface area (Å²) in [5, 5.41) is 6.31. The third-order valence-corrected chi connectivity index (χ3v) is 9.78. The van der Waals surface area contributed by atoms with E-state index in [9.17, 15) is 0 Å². The van der Waals surface area contributed by atoms with Gasteiger partial charge >= 0.3 is 0 Å². The van der Waals surface area contributed by atoms with Crippen LogP contribution in [-0.4, -0.2) is 12.8 Å². The van der Waals surface area contributed by atoms with Gasteiger partial charge in [-0.1, -0.05) is 168 Å². The molecular formula is C51H55N3O. The SMILES string of the molecule is C#C/C1=C(\C=C/C)C(C)/C=C\C2=C(CO1)c1ccccc1C21c2ccccc2-c2ccc(C/C=C\C(=C/N)c3ccccc3)cc21.CC.CC.N=C/C=C\N. The molecule has 4 aromatic carbocycles. The molecule has 55 heavy (non-hydrogen) atoms. The van der Waals surface area contributed by atoms with Gasteiger partial charge in [-0.25, -0.2) is 0 Å². The summed E-state index contributed by atoms with van der Waals surface area (Å²) < 4.78 is 6.51. The van der Waals surface area contributed by atoms with Crippen molar-refractivity contribution < 1.29 is 4.74 Å². The molecule has 0 aromatic heterocycles. The van der Waals surface area contributed by atoms with E-state index in [0.29, 0.717) is 12.4 Å². The maximum absolute atomic E-state index is 6.51. The molecule has 280 valence electrons. The number of fused-ring (bicyclic) bond motifs is 9. The van der Waals surface area contributed by atoms with Crippen molar-refractivity contribution in [3.8, 4) is 23.5 Å². The summed E-state index contributed by atoms with van der Waals surface area (Å²) in [5.74, 6) is 3.52. The Morgan fingerprint density at radius 2 is 1.51 bits per heavy atom. The molecule has 0 amide bonds. The summed E-state index contributed by atoms with van der Waals surface area (Å²) in [4.78, 5) is 0. The zero-order valence-corrected chi connectivity index (χ0v) is 33.1. The first-order chi connectivity index (χ1) is 27.0. The van der Waals surface area contributed by atoms with Gasteiger partial charge in [0.25, 0.3) is 0 Å². The number of rotatable bonds is 6. The van der Waals surface area contributed by atoms with Crippen LogP contribution in [-0.2, 0) is 16.6 Å². The lowest BCUT2D eigenvalue weighted by Crippen LogP contribution is -2.27. The van der Waals surface area contributed by atoms with E-state index in [-0.39, 0.29) is 5.92 Å². The van der Waals surface area contributed by atoms with E-state index in [1.807, 2.05) is 58.9 Å². The number of nitrogens with one attached hydrogen (secondary N) is 1. The Morgan fingerprint density at radius 1 is 0.873 bits per heavy atom. The minimum absolute atomic E-state index is 0.0804. The second kappa shape index (κ2) is 20.2. The predicted octanol–water partition coefficient (Wildman–Crippen LogP) is 11.7. The third-order valence-electron chi connectivity index (χ3n) is 9.78. The van der Waals surface area contributed by atoms with Gasteiger partial charge in [0.05, 0.1) is 5.41 Å².